The van der Waals surface area contributed by atoms with E-state index in [4.69, 9.17) is 5.73 Å². The second-order valence-electron chi connectivity index (χ2n) is 3.98. The first-order valence-corrected chi connectivity index (χ1v) is 4.80. The van der Waals surface area contributed by atoms with E-state index < -0.39 is 0 Å². The summed E-state index contributed by atoms with van der Waals surface area (Å²) in [4.78, 5) is 4.50. The van der Waals surface area contributed by atoms with Gasteiger partial charge in [0.15, 0.2) is 0 Å². The predicted octanol–water partition coefficient (Wildman–Crippen LogP) is 0.986. The lowest BCUT2D eigenvalue weighted by Crippen LogP contribution is -2.19. The molecule has 0 aromatic carbocycles. The number of hydrogen-bond donors (Lipinski definition) is 1. The number of aryl methyl sites for hydroxylation is 1. The maximum atomic E-state index is 6.14. The van der Waals surface area contributed by atoms with Crippen molar-refractivity contribution in [3.8, 4) is 0 Å². The number of rotatable bonds is 1. The molecule has 0 aliphatic heterocycles. The molecule has 0 radical (unpaired) electrons. The minimum Gasteiger partial charge on any atom is -0.320 e. The molecule has 0 spiro atoms. The predicted molar refractivity (Wildman–Crippen MR) is 52.8 cm³/mol. The van der Waals surface area contributed by atoms with Gasteiger partial charge in [-0.2, -0.15) is 5.10 Å². The Labute approximate surface area is 81.8 Å². The second-order valence-corrected chi connectivity index (χ2v) is 3.98. The van der Waals surface area contributed by atoms with Crippen molar-refractivity contribution >= 4 is 5.52 Å². The molecule has 0 atom stereocenters. The Morgan fingerprint density at radius 3 is 3.00 bits per heavy atom. The summed E-state index contributed by atoms with van der Waals surface area (Å²) in [6.07, 6.45) is 3.84. The fraction of sp³-hybridized carbons (Fsp3) is 0.400. The number of hydrogen-bond acceptors (Lipinski definition) is 3. The Hall–Kier alpha value is -1.42. The smallest absolute Gasteiger partial charge is 0.127 e. The molecule has 14 heavy (non-hydrogen) atoms. The van der Waals surface area contributed by atoms with Crippen LogP contribution >= 0.6 is 0 Å². The first kappa shape index (κ1) is 7.94. The Kier molecular flexibility index (Phi) is 1.32. The molecule has 4 nitrogen and oxygen atoms in total. The maximum absolute atomic E-state index is 6.14. The van der Waals surface area contributed by atoms with Gasteiger partial charge in [0.25, 0.3) is 0 Å². The van der Waals surface area contributed by atoms with E-state index in [0.717, 1.165) is 29.9 Å². The number of nitrogens with zero attached hydrogens (tertiary/aromatic N) is 3. The third kappa shape index (κ3) is 0.915. The third-order valence-electron chi connectivity index (χ3n) is 2.83. The van der Waals surface area contributed by atoms with Gasteiger partial charge in [0.2, 0.25) is 0 Å². The van der Waals surface area contributed by atoms with Gasteiger partial charge in [-0.3, -0.25) is 0 Å². The zero-order chi connectivity index (χ0) is 9.76. The second kappa shape index (κ2) is 2.33. The van der Waals surface area contributed by atoms with Crippen molar-refractivity contribution in [1.82, 2.24) is 14.6 Å². The SMILES string of the molecule is Cc1nc(C2(N)CC2)c2cccnn12. The van der Waals surface area contributed by atoms with Gasteiger partial charge in [0, 0.05) is 6.20 Å². The summed E-state index contributed by atoms with van der Waals surface area (Å²) >= 11 is 0. The highest BCUT2D eigenvalue weighted by Crippen LogP contribution is 2.43. The van der Waals surface area contributed by atoms with Crippen LogP contribution in [0.1, 0.15) is 24.4 Å². The monoisotopic (exact) mass is 188 g/mol. The van der Waals surface area contributed by atoms with Crippen LogP contribution in [-0.4, -0.2) is 14.6 Å². The zero-order valence-electron chi connectivity index (χ0n) is 8.07. The average molecular weight is 188 g/mol. The standard InChI is InChI=1S/C10H12N4/c1-7-13-9(10(11)4-5-10)8-3-2-6-12-14(7)8/h2-3,6H,4-5,11H2,1H3. The van der Waals surface area contributed by atoms with E-state index in [-0.39, 0.29) is 5.54 Å². The number of imidazole rings is 1. The molecule has 2 aromatic rings. The fourth-order valence-corrected chi connectivity index (χ4v) is 1.81. The van der Waals surface area contributed by atoms with E-state index in [9.17, 15) is 0 Å². The number of fused-ring (bicyclic) bond motifs is 1. The van der Waals surface area contributed by atoms with Gasteiger partial charge in [-0.15, -0.1) is 0 Å². The lowest BCUT2D eigenvalue weighted by atomic mass is 10.2. The molecule has 1 aliphatic rings. The molecule has 2 heterocycles. The van der Waals surface area contributed by atoms with Crippen molar-refractivity contribution in [2.24, 2.45) is 5.73 Å². The van der Waals surface area contributed by atoms with Gasteiger partial charge in [-0.05, 0) is 31.9 Å². The summed E-state index contributed by atoms with van der Waals surface area (Å²) in [7, 11) is 0. The molecule has 4 heteroatoms. The lowest BCUT2D eigenvalue weighted by molar-refractivity contribution is 0.719. The van der Waals surface area contributed by atoms with Crippen LogP contribution in [0.2, 0.25) is 0 Å². The minimum absolute atomic E-state index is 0.178. The quantitative estimate of drug-likeness (QED) is 0.726. The molecule has 2 aromatic heterocycles. The third-order valence-corrected chi connectivity index (χ3v) is 2.83. The summed E-state index contributed by atoms with van der Waals surface area (Å²) in [5.74, 6) is 0.910. The summed E-state index contributed by atoms with van der Waals surface area (Å²) < 4.78 is 1.85. The fourth-order valence-electron chi connectivity index (χ4n) is 1.81. The molecule has 1 aliphatic carbocycles. The Morgan fingerprint density at radius 1 is 1.50 bits per heavy atom. The van der Waals surface area contributed by atoms with Crippen molar-refractivity contribution in [3.05, 3.63) is 29.8 Å². The van der Waals surface area contributed by atoms with Crippen LogP contribution in [0.5, 0.6) is 0 Å². The van der Waals surface area contributed by atoms with Crippen molar-refractivity contribution in [1.29, 1.82) is 0 Å². The first-order valence-electron chi connectivity index (χ1n) is 4.80. The average Bonchev–Trinajstić information content (AvgIpc) is 2.84. The first-order chi connectivity index (χ1) is 6.71. The highest BCUT2D eigenvalue weighted by Gasteiger charge is 2.43. The molecule has 1 fully saturated rings. The van der Waals surface area contributed by atoms with Gasteiger partial charge >= 0.3 is 0 Å². The van der Waals surface area contributed by atoms with Crippen molar-refractivity contribution < 1.29 is 0 Å². The molecule has 72 valence electrons. The van der Waals surface area contributed by atoms with Crippen LogP contribution in [0.4, 0.5) is 0 Å². The van der Waals surface area contributed by atoms with Gasteiger partial charge in [0.05, 0.1) is 16.7 Å². The summed E-state index contributed by atoms with van der Waals surface area (Å²) in [6, 6.07) is 3.95. The van der Waals surface area contributed by atoms with Gasteiger partial charge in [-0.25, -0.2) is 9.50 Å². The van der Waals surface area contributed by atoms with Crippen LogP contribution in [0.15, 0.2) is 18.3 Å². The van der Waals surface area contributed by atoms with E-state index in [1.54, 1.807) is 6.20 Å². The normalized spacial score (nSPS) is 18.7. The Balaban J connectivity index is 2.34. The minimum atomic E-state index is -0.178. The molecule has 0 saturated heterocycles. The van der Waals surface area contributed by atoms with Gasteiger partial charge in [-0.1, -0.05) is 0 Å². The van der Waals surface area contributed by atoms with Crippen LogP contribution in [0.3, 0.4) is 0 Å². The molecule has 0 bridgehead atoms. The van der Waals surface area contributed by atoms with E-state index in [1.807, 2.05) is 23.6 Å². The number of nitrogens with two attached hydrogens (primary N) is 1. The van der Waals surface area contributed by atoms with Crippen LogP contribution in [0, 0.1) is 6.92 Å². The largest absolute Gasteiger partial charge is 0.320 e. The van der Waals surface area contributed by atoms with Crippen molar-refractivity contribution in [2.45, 2.75) is 25.3 Å². The van der Waals surface area contributed by atoms with Gasteiger partial charge in [0.1, 0.15) is 5.82 Å². The topological polar surface area (TPSA) is 56.2 Å². The summed E-state index contributed by atoms with van der Waals surface area (Å²) in [5, 5.41) is 4.24. The van der Waals surface area contributed by atoms with Crippen LogP contribution in [-0.2, 0) is 5.54 Å². The molecule has 3 rings (SSSR count). The highest BCUT2D eigenvalue weighted by atomic mass is 15.3. The van der Waals surface area contributed by atoms with Crippen molar-refractivity contribution in [2.75, 3.05) is 0 Å². The van der Waals surface area contributed by atoms with E-state index in [2.05, 4.69) is 10.1 Å². The maximum Gasteiger partial charge on any atom is 0.127 e. The van der Waals surface area contributed by atoms with Crippen LogP contribution < -0.4 is 5.73 Å². The van der Waals surface area contributed by atoms with Gasteiger partial charge < -0.3 is 5.73 Å². The lowest BCUT2D eigenvalue weighted by Gasteiger charge is -2.03. The van der Waals surface area contributed by atoms with E-state index >= 15 is 0 Å². The van der Waals surface area contributed by atoms with Crippen LogP contribution in [0.25, 0.3) is 5.52 Å². The van der Waals surface area contributed by atoms with Crippen molar-refractivity contribution in [3.63, 3.8) is 0 Å². The van der Waals surface area contributed by atoms with E-state index in [1.165, 1.54) is 0 Å². The summed E-state index contributed by atoms with van der Waals surface area (Å²) in [5.41, 5.74) is 8.01. The van der Waals surface area contributed by atoms with E-state index in [0.29, 0.717) is 0 Å². The summed E-state index contributed by atoms with van der Waals surface area (Å²) in [6.45, 7) is 1.95. The molecular formula is C10H12N4. The highest BCUT2D eigenvalue weighted by molar-refractivity contribution is 5.56. The Morgan fingerprint density at radius 2 is 2.29 bits per heavy atom. The number of aromatic nitrogens is 3. The Bertz CT molecular complexity index is 496. The zero-order valence-corrected chi connectivity index (χ0v) is 8.07. The molecule has 2 N–H and O–H groups in total. The molecule has 1 saturated carbocycles. The molecule has 0 unspecified atom stereocenters. The molecular weight excluding hydrogens is 176 g/mol. The molecule has 0 amide bonds.